The Morgan fingerprint density at radius 2 is 2.04 bits per heavy atom. The molecule has 3 rings (SSSR count). The number of fused-ring (bicyclic) bond motifs is 1. The van der Waals surface area contributed by atoms with Gasteiger partial charge in [0.2, 0.25) is 0 Å². The highest BCUT2D eigenvalue weighted by Gasteiger charge is 2.46. The Hall–Kier alpha value is -1.67. The molecule has 0 aromatic heterocycles. The molecule has 4 atom stereocenters. The molecule has 2 aliphatic rings. The number of amides is 2. The van der Waals surface area contributed by atoms with E-state index in [9.17, 15) is 15.0 Å². The molecule has 1 aromatic rings. The van der Waals surface area contributed by atoms with E-state index in [0.29, 0.717) is 0 Å². The fourth-order valence-electron chi connectivity index (χ4n) is 3.87. The molecule has 0 unspecified atom stereocenters. The van der Waals surface area contributed by atoms with Crippen molar-refractivity contribution in [1.82, 2.24) is 15.5 Å². The zero-order valence-electron chi connectivity index (χ0n) is 15.4. The molecule has 7 nitrogen and oxygen atoms in total. The van der Waals surface area contributed by atoms with Crippen LogP contribution >= 0.6 is 0 Å². The van der Waals surface area contributed by atoms with Gasteiger partial charge in [-0.1, -0.05) is 24.3 Å². The van der Waals surface area contributed by atoms with Gasteiger partial charge in [0.25, 0.3) is 0 Å². The van der Waals surface area contributed by atoms with Gasteiger partial charge in [-0.3, -0.25) is 4.90 Å². The van der Waals surface area contributed by atoms with Gasteiger partial charge < -0.3 is 25.6 Å². The van der Waals surface area contributed by atoms with E-state index in [0.717, 1.165) is 19.5 Å². The van der Waals surface area contributed by atoms with Crippen molar-refractivity contribution in [3.05, 3.63) is 35.4 Å². The van der Waals surface area contributed by atoms with E-state index in [1.54, 1.807) is 0 Å². The summed E-state index contributed by atoms with van der Waals surface area (Å²) in [4.78, 5) is 14.1. The first kappa shape index (κ1) is 19.1. The number of aliphatic hydroxyl groups excluding tert-OH is 2. The van der Waals surface area contributed by atoms with E-state index < -0.39 is 12.2 Å². The SMILES string of the molecule is CC(C)NC(=O)NC[C@H]1O[C@@H](CO)[C@@H](O)[C@H]1N1CCc2ccccc2C1. The molecular weight excluding hydrogens is 334 g/mol. The molecule has 0 radical (unpaired) electrons. The first-order valence-corrected chi connectivity index (χ1v) is 9.29. The van der Waals surface area contributed by atoms with Gasteiger partial charge in [-0.25, -0.2) is 4.79 Å². The van der Waals surface area contributed by atoms with Gasteiger partial charge in [-0.15, -0.1) is 0 Å². The predicted octanol–water partition coefficient (Wildman–Crippen LogP) is 0.242. The molecule has 7 heteroatoms. The number of benzene rings is 1. The summed E-state index contributed by atoms with van der Waals surface area (Å²) < 4.78 is 5.85. The number of urea groups is 1. The topological polar surface area (TPSA) is 94.1 Å². The largest absolute Gasteiger partial charge is 0.394 e. The van der Waals surface area contributed by atoms with Gasteiger partial charge in [-0.05, 0) is 31.4 Å². The normalized spacial score (nSPS) is 28.8. The molecule has 2 amide bonds. The standard InChI is InChI=1S/C19H29N3O4/c1-12(2)21-19(25)20-9-15-17(18(24)16(11-23)26-15)22-8-7-13-5-3-4-6-14(13)10-22/h3-6,12,15-18,23-24H,7-11H2,1-2H3,(H2,20,21,25)/t15-,16+,17+,18-/m1/s1. The highest BCUT2D eigenvalue weighted by Crippen LogP contribution is 2.30. The van der Waals surface area contributed by atoms with Crippen molar-refractivity contribution in [2.24, 2.45) is 0 Å². The van der Waals surface area contributed by atoms with E-state index in [-0.39, 0.29) is 37.4 Å². The summed E-state index contributed by atoms with van der Waals surface area (Å²) in [6, 6.07) is 7.84. The quantitative estimate of drug-likeness (QED) is 0.601. The van der Waals surface area contributed by atoms with Crippen molar-refractivity contribution in [2.75, 3.05) is 19.7 Å². The molecule has 2 heterocycles. The second-order valence-corrected chi connectivity index (χ2v) is 7.37. The third-order valence-electron chi connectivity index (χ3n) is 5.11. The monoisotopic (exact) mass is 363 g/mol. The number of nitrogens with one attached hydrogen (secondary N) is 2. The van der Waals surface area contributed by atoms with Crippen LogP contribution in [0.3, 0.4) is 0 Å². The van der Waals surface area contributed by atoms with Gasteiger partial charge in [0, 0.05) is 25.7 Å². The Bertz CT molecular complexity index is 625. The number of nitrogens with zero attached hydrogens (tertiary/aromatic N) is 1. The maximum Gasteiger partial charge on any atom is 0.315 e. The minimum absolute atomic E-state index is 0.0460. The Kier molecular flexibility index (Phi) is 6.13. The summed E-state index contributed by atoms with van der Waals surface area (Å²) in [6.07, 6.45) is -0.871. The Balaban J connectivity index is 1.69. The summed E-state index contributed by atoms with van der Waals surface area (Å²) in [5.41, 5.74) is 2.59. The lowest BCUT2D eigenvalue weighted by Crippen LogP contribution is -2.53. The minimum Gasteiger partial charge on any atom is -0.394 e. The second-order valence-electron chi connectivity index (χ2n) is 7.37. The van der Waals surface area contributed by atoms with E-state index >= 15 is 0 Å². The second kappa shape index (κ2) is 8.35. The molecule has 26 heavy (non-hydrogen) atoms. The summed E-state index contributed by atoms with van der Waals surface area (Å²) in [7, 11) is 0. The summed E-state index contributed by atoms with van der Waals surface area (Å²) in [5, 5.41) is 25.8. The number of rotatable bonds is 5. The van der Waals surface area contributed by atoms with Crippen molar-refractivity contribution in [3.63, 3.8) is 0 Å². The minimum atomic E-state index is -0.787. The summed E-state index contributed by atoms with van der Waals surface area (Å²) in [5.74, 6) is 0. The van der Waals surface area contributed by atoms with Crippen molar-refractivity contribution in [3.8, 4) is 0 Å². The zero-order valence-corrected chi connectivity index (χ0v) is 15.4. The van der Waals surface area contributed by atoms with Crippen LogP contribution in [0.2, 0.25) is 0 Å². The van der Waals surface area contributed by atoms with Gasteiger partial charge in [-0.2, -0.15) is 0 Å². The highest BCUT2D eigenvalue weighted by atomic mass is 16.5. The van der Waals surface area contributed by atoms with Crippen molar-refractivity contribution in [1.29, 1.82) is 0 Å². The van der Waals surface area contributed by atoms with Crippen molar-refractivity contribution in [2.45, 2.75) is 57.2 Å². The molecule has 1 saturated heterocycles. The number of aliphatic hydroxyl groups is 2. The van der Waals surface area contributed by atoms with Crippen LogP contribution in [0.4, 0.5) is 4.79 Å². The first-order chi connectivity index (χ1) is 12.5. The number of hydrogen-bond donors (Lipinski definition) is 4. The number of carbonyl (C=O) groups excluding carboxylic acids is 1. The van der Waals surface area contributed by atoms with Crippen LogP contribution in [0.5, 0.6) is 0 Å². The molecule has 1 fully saturated rings. The van der Waals surface area contributed by atoms with Crippen LogP contribution in [0.15, 0.2) is 24.3 Å². The van der Waals surface area contributed by atoms with E-state index in [1.165, 1.54) is 11.1 Å². The van der Waals surface area contributed by atoms with Crippen molar-refractivity contribution >= 4 is 6.03 Å². The van der Waals surface area contributed by atoms with Crippen LogP contribution in [0.1, 0.15) is 25.0 Å². The molecular formula is C19H29N3O4. The Morgan fingerprint density at radius 3 is 2.73 bits per heavy atom. The average Bonchev–Trinajstić information content (AvgIpc) is 2.94. The van der Waals surface area contributed by atoms with Gasteiger partial charge in [0.1, 0.15) is 12.2 Å². The predicted molar refractivity (Wildman–Crippen MR) is 97.8 cm³/mol. The summed E-state index contributed by atoms with van der Waals surface area (Å²) in [6.45, 7) is 5.38. The molecule has 144 valence electrons. The van der Waals surface area contributed by atoms with Crippen LogP contribution in [-0.2, 0) is 17.7 Å². The molecule has 4 N–H and O–H groups in total. The summed E-state index contributed by atoms with van der Waals surface area (Å²) >= 11 is 0. The molecule has 0 saturated carbocycles. The van der Waals surface area contributed by atoms with Crippen LogP contribution < -0.4 is 10.6 Å². The molecule has 1 aromatic carbocycles. The van der Waals surface area contributed by atoms with Crippen LogP contribution in [0, 0.1) is 0 Å². The maximum atomic E-state index is 11.9. The Morgan fingerprint density at radius 1 is 1.31 bits per heavy atom. The number of ether oxygens (including phenoxy) is 1. The number of hydrogen-bond acceptors (Lipinski definition) is 5. The third-order valence-corrected chi connectivity index (χ3v) is 5.11. The van der Waals surface area contributed by atoms with Crippen LogP contribution in [0.25, 0.3) is 0 Å². The van der Waals surface area contributed by atoms with Gasteiger partial charge in [0.05, 0.1) is 18.8 Å². The average molecular weight is 363 g/mol. The van der Waals surface area contributed by atoms with E-state index in [4.69, 9.17) is 4.74 Å². The smallest absolute Gasteiger partial charge is 0.315 e. The maximum absolute atomic E-state index is 11.9. The van der Waals surface area contributed by atoms with Crippen molar-refractivity contribution < 1.29 is 19.7 Å². The Labute approximate surface area is 154 Å². The molecule has 0 bridgehead atoms. The fourth-order valence-corrected chi connectivity index (χ4v) is 3.87. The fraction of sp³-hybridized carbons (Fsp3) is 0.632. The third kappa shape index (κ3) is 4.17. The molecule has 0 spiro atoms. The molecule has 0 aliphatic carbocycles. The zero-order chi connectivity index (χ0) is 18.7. The van der Waals surface area contributed by atoms with Gasteiger partial charge in [0.15, 0.2) is 0 Å². The lowest BCUT2D eigenvalue weighted by atomic mass is 9.95. The number of carbonyl (C=O) groups is 1. The lowest BCUT2D eigenvalue weighted by Gasteiger charge is -2.37. The van der Waals surface area contributed by atoms with Crippen LogP contribution in [-0.4, -0.2) is 71.2 Å². The molecule has 2 aliphatic heterocycles. The first-order valence-electron chi connectivity index (χ1n) is 9.29. The van der Waals surface area contributed by atoms with Gasteiger partial charge >= 0.3 is 6.03 Å². The van der Waals surface area contributed by atoms with E-state index in [2.05, 4.69) is 27.7 Å². The van der Waals surface area contributed by atoms with E-state index in [1.807, 2.05) is 26.0 Å². The lowest BCUT2D eigenvalue weighted by molar-refractivity contribution is -0.0206. The highest BCUT2D eigenvalue weighted by molar-refractivity contribution is 5.74.